The molecule has 0 aliphatic rings. The van der Waals surface area contributed by atoms with Crippen molar-refractivity contribution in [3.63, 3.8) is 0 Å². The summed E-state index contributed by atoms with van der Waals surface area (Å²) in [6.45, 7) is 8.68. The molecule has 0 amide bonds. The maximum atomic E-state index is 5.67. The van der Waals surface area contributed by atoms with Gasteiger partial charge >= 0.3 is 0 Å². The highest BCUT2D eigenvalue weighted by molar-refractivity contribution is 7.82. The third kappa shape index (κ3) is 3.11. The monoisotopic (exact) mass is 115 g/mol. The Labute approximate surface area is 48.8 Å². The van der Waals surface area contributed by atoms with Gasteiger partial charge in [0, 0.05) is 5.16 Å². The van der Waals surface area contributed by atoms with Crippen molar-refractivity contribution in [2.75, 3.05) is 6.66 Å². The Morgan fingerprint density at radius 3 is 1.43 bits per heavy atom. The summed E-state index contributed by atoms with van der Waals surface area (Å²) in [5, 5.41) is 0.380. The molecule has 0 nitrogen and oxygen atoms in total. The van der Waals surface area contributed by atoms with E-state index in [0.717, 1.165) is 0 Å². The number of rotatable bonds is 0. The van der Waals surface area contributed by atoms with Crippen molar-refractivity contribution in [2.24, 2.45) is 0 Å². The van der Waals surface area contributed by atoms with Crippen LogP contribution in [0.1, 0.15) is 20.8 Å². The molecule has 0 aromatic heterocycles. The molecule has 0 saturated heterocycles. The van der Waals surface area contributed by atoms with Gasteiger partial charge in [0.05, 0.1) is 0 Å². The van der Waals surface area contributed by atoms with Crippen molar-refractivity contribution in [3.05, 3.63) is 0 Å². The Bertz CT molecular complexity index is 53.6. The lowest BCUT2D eigenvalue weighted by Crippen LogP contribution is -2.09. The molecule has 0 saturated carbocycles. The summed E-state index contributed by atoms with van der Waals surface area (Å²) >= 11 is 0. The van der Waals surface area contributed by atoms with E-state index < -0.39 is 7.80 Å². The zero-order valence-corrected chi connectivity index (χ0v) is 6.58. The summed E-state index contributed by atoms with van der Waals surface area (Å²) in [6, 6.07) is 0. The number of hydrogen-bond acceptors (Lipinski definition) is 0. The lowest BCUT2D eigenvalue weighted by Gasteiger charge is -2.27. The van der Waals surface area contributed by atoms with Gasteiger partial charge in [0.1, 0.15) is 0 Å². The first-order valence-electron chi connectivity index (χ1n) is 2.54. The van der Waals surface area contributed by atoms with Crippen molar-refractivity contribution < 1.29 is 0 Å². The standard InChI is InChI=1S/C5H13BP/c1-5(2,3)7(4)6/h7H,1-4H3. The second-order valence-electron chi connectivity index (χ2n) is 2.93. The zero-order chi connectivity index (χ0) is 6.08. The molecule has 0 spiro atoms. The van der Waals surface area contributed by atoms with Crippen LogP contribution < -0.4 is 0 Å². The van der Waals surface area contributed by atoms with Crippen LogP contribution in [-0.2, 0) is 0 Å². The van der Waals surface area contributed by atoms with Crippen molar-refractivity contribution in [2.45, 2.75) is 25.9 Å². The Hall–Kier alpha value is 0.495. The van der Waals surface area contributed by atoms with E-state index in [0.29, 0.717) is 5.16 Å². The summed E-state index contributed by atoms with van der Waals surface area (Å²) in [7, 11) is 5.12. The van der Waals surface area contributed by atoms with Gasteiger partial charge in [-0.25, -0.2) is 0 Å². The fraction of sp³-hybridized carbons (Fsp3) is 1.00. The molecule has 7 heavy (non-hydrogen) atoms. The molecule has 0 N–H and O–H groups in total. The molecule has 0 aromatic rings. The molecule has 3 radical (unpaired) electrons. The van der Waals surface area contributed by atoms with E-state index in [1.54, 1.807) is 0 Å². The quantitative estimate of drug-likeness (QED) is 0.333. The summed E-state index contributed by atoms with van der Waals surface area (Å²) in [4.78, 5) is 0. The predicted octanol–water partition coefficient (Wildman–Crippen LogP) is 1.71. The van der Waals surface area contributed by atoms with E-state index in [9.17, 15) is 0 Å². The number of hydrogen-bond donors (Lipinski definition) is 0. The summed E-state index contributed by atoms with van der Waals surface area (Å²) in [5.74, 6) is 0. The average Bonchev–Trinajstić information content (AvgIpc) is 1.31. The molecule has 0 bridgehead atoms. The van der Waals surface area contributed by atoms with Gasteiger partial charge < -0.3 is 7.57 Å². The lowest BCUT2D eigenvalue weighted by molar-refractivity contribution is 0.794. The molecule has 0 aliphatic carbocycles. The van der Waals surface area contributed by atoms with Gasteiger partial charge in [0.2, 0.25) is 0 Å². The molecule has 0 rings (SSSR count). The third-order valence-electron chi connectivity index (χ3n) is 1.18. The SMILES string of the molecule is [B-][PH+](C)C(C)(C)C. The van der Waals surface area contributed by atoms with Gasteiger partial charge in [-0.3, -0.25) is 7.80 Å². The van der Waals surface area contributed by atoms with Crippen LogP contribution in [0, 0.1) is 0 Å². The molecule has 41 valence electrons. The largest absolute Gasteiger partial charge is 0.309 e. The first-order valence-corrected chi connectivity index (χ1v) is 4.62. The Morgan fingerprint density at radius 2 is 1.43 bits per heavy atom. The van der Waals surface area contributed by atoms with Crippen molar-refractivity contribution in [1.29, 1.82) is 0 Å². The smallest absolute Gasteiger partial charge is 0.0218 e. The second-order valence-corrected chi connectivity index (χ2v) is 5.80. The maximum absolute atomic E-state index is 5.67. The van der Waals surface area contributed by atoms with Crippen LogP contribution in [0.15, 0.2) is 0 Å². The normalized spacial score (nSPS) is 16.7. The first-order chi connectivity index (χ1) is 2.94. The minimum absolute atomic E-state index is 0.380. The van der Waals surface area contributed by atoms with Crippen LogP contribution in [-0.4, -0.2) is 19.4 Å². The molecule has 0 aliphatic heterocycles. The summed E-state index contributed by atoms with van der Waals surface area (Å²) in [6.07, 6.45) is 0. The van der Waals surface area contributed by atoms with Gasteiger partial charge in [0.25, 0.3) is 0 Å². The summed E-state index contributed by atoms with van der Waals surface area (Å²) < 4.78 is 0. The predicted molar refractivity (Wildman–Crippen MR) is 39.7 cm³/mol. The maximum Gasteiger partial charge on any atom is 0.0218 e. The van der Waals surface area contributed by atoms with Crippen molar-refractivity contribution in [1.82, 2.24) is 0 Å². The van der Waals surface area contributed by atoms with Crippen LogP contribution in [0.4, 0.5) is 0 Å². The summed E-state index contributed by atoms with van der Waals surface area (Å²) in [5.41, 5.74) is 0. The Morgan fingerprint density at radius 1 is 1.29 bits per heavy atom. The third-order valence-corrected chi connectivity index (χ3v) is 3.55. The molecule has 0 heterocycles. The van der Waals surface area contributed by atoms with E-state index >= 15 is 0 Å². The van der Waals surface area contributed by atoms with Gasteiger partial charge in [-0.1, -0.05) is 0 Å². The highest BCUT2D eigenvalue weighted by atomic mass is 31.1. The van der Waals surface area contributed by atoms with Crippen LogP contribution in [0.2, 0.25) is 0 Å². The average molecular weight is 115 g/mol. The minimum Gasteiger partial charge on any atom is -0.309 e. The van der Waals surface area contributed by atoms with Gasteiger partial charge in [-0.15, -0.1) is 0 Å². The van der Waals surface area contributed by atoms with Crippen LogP contribution >= 0.6 is 7.80 Å². The molecular formula is C5H13BP. The zero-order valence-electron chi connectivity index (χ0n) is 5.58. The van der Waals surface area contributed by atoms with E-state index in [1.165, 1.54) is 0 Å². The highest BCUT2D eigenvalue weighted by Crippen LogP contribution is 2.40. The molecular weight excluding hydrogens is 102 g/mol. The lowest BCUT2D eigenvalue weighted by atomic mass is 10.3. The molecule has 1 unspecified atom stereocenters. The highest BCUT2D eigenvalue weighted by Gasteiger charge is 2.11. The Balaban J connectivity index is 3.54. The molecule has 2 heteroatoms. The second kappa shape index (κ2) is 2.18. The molecule has 0 fully saturated rings. The molecule has 1 atom stereocenters. The fourth-order valence-electron chi connectivity index (χ4n) is 0. The van der Waals surface area contributed by atoms with E-state index in [4.69, 9.17) is 7.57 Å². The van der Waals surface area contributed by atoms with E-state index in [1.807, 2.05) is 0 Å². The van der Waals surface area contributed by atoms with Crippen molar-refractivity contribution in [3.8, 4) is 0 Å². The Kier molecular flexibility index (Phi) is 2.33. The minimum atomic E-state index is -0.550. The van der Waals surface area contributed by atoms with Gasteiger partial charge in [-0.05, 0) is 27.4 Å². The van der Waals surface area contributed by atoms with Gasteiger partial charge in [0.15, 0.2) is 0 Å². The van der Waals surface area contributed by atoms with Crippen LogP contribution in [0.3, 0.4) is 0 Å². The van der Waals surface area contributed by atoms with E-state index in [-0.39, 0.29) is 0 Å². The molecule has 0 aromatic carbocycles. The van der Waals surface area contributed by atoms with Gasteiger partial charge in [-0.2, -0.15) is 0 Å². The van der Waals surface area contributed by atoms with E-state index in [2.05, 4.69) is 27.4 Å². The van der Waals surface area contributed by atoms with Crippen LogP contribution in [0.25, 0.3) is 0 Å². The topological polar surface area (TPSA) is 0 Å². The first kappa shape index (κ1) is 7.49. The van der Waals surface area contributed by atoms with Crippen LogP contribution in [0.5, 0.6) is 0 Å². The van der Waals surface area contributed by atoms with Crippen molar-refractivity contribution >= 4 is 15.4 Å². The fourth-order valence-corrected chi connectivity index (χ4v) is 0.